The molecule has 0 bridgehead atoms. The normalized spacial score (nSPS) is 13.7. The molecule has 2 unspecified atom stereocenters. The largest absolute Gasteiger partial charge is 0.461 e. The molecule has 142 valence electrons. The van der Waals surface area contributed by atoms with Gasteiger partial charge in [-0.15, -0.1) is 0 Å². The summed E-state index contributed by atoms with van der Waals surface area (Å²) in [7, 11) is 1.69. The molecule has 2 atom stereocenters. The summed E-state index contributed by atoms with van der Waals surface area (Å²) in [6.07, 6.45) is 1.99. The zero-order chi connectivity index (χ0) is 19.2. The van der Waals surface area contributed by atoms with Crippen molar-refractivity contribution in [1.82, 2.24) is 0 Å². The van der Waals surface area contributed by atoms with Crippen molar-refractivity contribution >= 4 is 10.8 Å². The molecule has 0 spiro atoms. The molecule has 2 heteroatoms. The smallest absolute Gasteiger partial charge is 0.227 e. The highest BCUT2D eigenvalue weighted by Gasteiger charge is 2.17. The first kappa shape index (κ1) is 19.4. The van der Waals surface area contributed by atoms with E-state index in [0.29, 0.717) is 11.8 Å². The first-order chi connectivity index (χ1) is 13.1. The van der Waals surface area contributed by atoms with Crippen LogP contribution >= 0.6 is 0 Å². The minimum atomic E-state index is -0.432. The molecule has 2 nitrogen and oxygen atoms in total. The maximum atomic E-state index is 6.19. The fraction of sp³-hybridized carbons (Fsp3) is 0.360. The van der Waals surface area contributed by atoms with Crippen LogP contribution in [0.25, 0.3) is 10.8 Å². The highest BCUT2D eigenvalue weighted by atomic mass is 16.7. The average molecular weight is 363 g/mol. The van der Waals surface area contributed by atoms with Gasteiger partial charge in [-0.3, -0.25) is 0 Å². The number of hydrogen-bond donors (Lipinski definition) is 0. The number of ether oxygens (including phenoxy) is 2. The molecule has 0 aliphatic heterocycles. The molecule has 0 amide bonds. The molecule has 3 aromatic carbocycles. The number of fused-ring (bicyclic) bond motifs is 1. The Hall–Kier alpha value is -2.32. The van der Waals surface area contributed by atoms with E-state index >= 15 is 0 Å². The SMILES string of the molecule is CCCC(c1ccc(OC(OC)c2cccc3ccccc23)cc1)C(C)C. The molecular formula is C25H30O2. The quantitative estimate of drug-likeness (QED) is 0.398. The minimum absolute atomic E-state index is 0.432. The minimum Gasteiger partial charge on any atom is -0.461 e. The molecule has 0 aliphatic carbocycles. The van der Waals surface area contributed by atoms with E-state index in [2.05, 4.69) is 75.4 Å². The summed E-state index contributed by atoms with van der Waals surface area (Å²) < 4.78 is 11.9. The molecule has 0 radical (unpaired) electrons. The van der Waals surface area contributed by atoms with Crippen LogP contribution in [-0.4, -0.2) is 7.11 Å². The molecule has 0 heterocycles. The van der Waals surface area contributed by atoms with Crippen LogP contribution in [-0.2, 0) is 4.74 Å². The predicted octanol–water partition coefficient (Wildman–Crippen LogP) is 7.10. The van der Waals surface area contributed by atoms with Crippen LogP contribution in [0.2, 0.25) is 0 Å². The Morgan fingerprint density at radius 1 is 0.852 bits per heavy atom. The first-order valence-corrected chi connectivity index (χ1v) is 9.91. The molecule has 0 aliphatic rings. The van der Waals surface area contributed by atoms with E-state index in [9.17, 15) is 0 Å². The van der Waals surface area contributed by atoms with Crippen molar-refractivity contribution < 1.29 is 9.47 Å². The number of rotatable bonds is 8. The van der Waals surface area contributed by atoms with E-state index in [1.54, 1.807) is 7.11 Å². The van der Waals surface area contributed by atoms with Gasteiger partial charge < -0.3 is 9.47 Å². The summed E-state index contributed by atoms with van der Waals surface area (Å²) in [5.74, 6) is 2.07. The van der Waals surface area contributed by atoms with Crippen LogP contribution in [0.3, 0.4) is 0 Å². The standard InChI is InChI=1S/C25H30O2/c1-5-9-22(18(2)3)20-14-16-21(17-15-20)27-25(26-4)24-13-8-11-19-10-6-7-12-23(19)24/h6-8,10-18,22,25H,5,9H2,1-4H3. The van der Waals surface area contributed by atoms with Gasteiger partial charge in [0.15, 0.2) is 0 Å². The average Bonchev–Trinajstić information content (AvgIpc) is 2.70. The molecule has 27 heavy (non-hydrogen) atoms. The Labute approximate surface area is 163 Å². The summed E-state index contributed by atoms with van der Waals surface area (Å²) in [5.41, 5.74) is 2.43. The molecule has 0 aromatic heterocycles. The predicted molar refractivity (Wildman–Crippen MR) is 113 cm³/mol. The van der Waals surface area contributed by atoms with Gasteiger partial charge in [-0.1, -0.05) is 81.8 Å². The van der Waals surface area contributed by atoms with Crippen LogP contribution in [0.4, 0.5) is 0 Å². The van der Waals surface area contributed by atoms with Crippen LogP contribution in [0.1, 0.15) is 56.9 Å². The lowest BCUT2D eigenvalue weighted by atomic mass is 9.85. The molecule has 3 rings (SSSR count). The summed E-state index contributed by atoms with van der Waals surface area (Å²) in [6.45, 7) is 6.85. The summed E-state index contributed by atoms with van der Waals surface area (Å²) in [6, 6.07) is 23.1. The topological polar surface area (TPSA) is 18.5 Å². The first-order valence-electron chi connectivity index (χ1n) is 9.91. The van der Waals surface area contributed by atoms with Gasteiger partial charge in [0.1, 0.15) is 5.75 Å². The van der Waals surface area contributed by atoms with E-state index in [0.717, 1.165) is 16.7 Å². The van der Waals surface area contributed by atoms with E-state index in [-0.39, 0.29) is 0 Å². The Bertz CT molecular complexity index is 846. The zero-order valence-electron chi connectivity index (χ0n) is 16.8. The van der Waals surface area contributed by atoms with Gasteiger partial charge in [-0.2, -0.15) is 0 Å². The van der Waals surface area contributed by atoms with Crippen LogP contribution in [0.5, 0.6) is 5.75 Å². The van der Waals surface area contributed by atoms with E-state index in [1.807, 2.05) is 12.1 Å². The summed E-state index contributed by atoms with van der Waals surface area (Å²) >= 11 is 0. The van der Waals surface area contributed by atoms with E-state index in [4.69, 9.17) is 9.47 Å². The zero-order valence-corrected chi connectivity index (χ0v) is 16.8. The lowest BCUT2D eigenvalue weighted by molar-refractivity contribution is -0.0552. The lowest BCUT2D eigenvalue weighted by Crippen LogP contribution is -2.11. The lowest BCUT2D eigenvalue weighted by Gasteiger charge is -2.22. The maximum absolute atomic E-state index is 6.19. The molecule has 0 saturated carbocycles. The van der Waals surface area contributed by atoms with Crippen molar-refractivity contribution in [1.29, 1.82) is 0 Å². The van der Waals surface area contributed by atoms with Gasteiger partial charge >= 0.3 is 0 Å². The van der Waals surface area contributed by atoms with Crippen molar-refractivity contribution in [2.45, 2.75) is 45.8 Å². The number of methoxy groups -OCH3 is 1. The molecule has 3 aromatic rings. The second-order valence-electron chi connectivity index (χ2n) is 7.46. The highest BCUT2D eigenvalue weighted by molar-refractivity contribution is 5.85. The molecular weight excluding hydrogens is 332 g/mol. The monoisotopic (exact) mass is 362 g/mol. The summed E-state index contributed by atoms with van der Waals surface area (Å²) in [5, 5.41) is 2.35. The van der Waals surface area contributed by atoms with Gasteiger partial charge in [0.25, 0.3) is 0 Å². The number of benzene rings is 3. The van der Waals surface area contributed by atoms with Crippen molar-refractivity contribution in [2.24, 2.45) is 5.92 Å². The van der Waals surface area contributed by atoms with Gasteiger partial charge in [-0.05, 0) is 46.7 Å². The third-order valence-corrected chi connectivity index (χ3v) is 5.25. The molecule has 0 fully saturated rings. The Kier molecular flexibility index (Phi) is 6.52. The molecule has 0 saturated heterocycles. The van der Waals surface area contributed by atoms with Gasteiger partial charge in [0.05, 0.1) is 0 Å². The van der Waals surface area contributed by atoms with Gasteiger partial charge in [0, 0.05) is 12.7 Å². The van der Waals surface area contributed by atoms with Crippen molar-refractivity contribution in [3.8, 4) is 5.75 Å². The maximum Gasteiger partial charge on any atom is 0.227 e. The second-order valence-corrected chi connectivity index (χ2v) is 7.46. The van der Waals surface area contributed by atoms with Crippen LogP contribution < -0.4 is 4.74 Å². The van der Waals surface area contributed by atoms with E-state index < -0.39 is 6.29 Å². The van der Waals surface area contributed by atoms with Gasteiger partial charge in [0.2, 0.25) is 6.29 Å². The fourth-order valence-corrected chi connectivity index (χ4v) is 3.81. The summed E-state index contributed by atoms with van der Waals surface area (Å²) in [4.78, 5) is 0. The highest BCUT2D eigenvalue weighted by Crippen LogP contribution is 2.32. The Morgan fingerprint density at radius 2 is 1.56 bits per heavy atom. The van der Waals surface area contributed by atoms with Crippen LogP contribution in [0, 0.1) is 5.92 Å². The van der Waals surface area contributed by atoms with Gasteiger partial charge in [-0.25, -0.2) is 0 Å². The number of hydrogen-bond acceptors (Lipinski definition) is 2. The van der Waals surface area contributed by atoms with Crippen molar-refractivity contribution in [2.75, 3.05) is 7.11 Å². The third kappa shape index (κ3) is 4.51. The van der Waals surface area contributed by atoms with E-state index in [1.165, 1.54) is 23.8 Å². The van der Waals surface area contributed by atoms with Crippen molar-refractivity contribution in [3.63, 3.8) is 0 Å². The third-order valence-electron chi connectivity index (χ3n) is 5.25. The Morgan fingerprint density at radius 3 is 2.22 bits per heavy atom. The van der Waals surface area contributed by atoms with Crippen molar-refractivity contribution in [3.05, 3.63) is 77.9 Å². The van der Waals surface area contributed by atoms with Crippen LogP contribution in [0.15, 0.2) is 66.7 Å². The fourth-order valence-electron chi connectivity index (χ4n) is 3.81. The second kappa shape index (κ2) is 9.05. The molecule has 0 N–H and O–H groups in total. The Balaban J connectivity index is 1.82.